The fraction of sp³-hybridized carbons (Fsp3) is 0.625. The fourth-order valence-corrected chi connectivity index (χ4v) is 2.18. The van der Waals surface area contributed by atoms with Gasteiger partial charge in [0.2, 0.25) is 5.91 Å². The maximum atomic E-state index is 12.5. The zero-order chi connectivity index (χ0) is 18.3. The summed E-state index contributed by atoms with van der Waals surface area (Å²) < 4.78 is 42.0. The van der Waals surface area contributed by atoms with Crippen LogP contribution in [0, 0.1) is 5.41 Å². The van der Waals surface area contributed by atoms with Crippen LogP contribution in [0.15, 0.2) is 25.3 Å². The number of amides is 1. The molecule has 7 heteroatoms. The van der Waals surface area contributed by atoms with Crippen molar-refractivity contribution in [1.82, 2.24) is 5.32 Å². The summed E-state index contributed by atoms with van der Waals surface area (Å²) in [5.74, 6) is -0.561. The van der Waals surface area contributed by atoms with Crippen molar-refractivity contribution in [1.29, 1.82) is 0 Å². The highest BCUT2D eigenvalue weighted by atomic mass is 19.4. The van der Waals surface area contributed by atoms with Crippen LogP contribution in [0.4, 0.5) is 13.2 Å². The van der Waals surface area contributed by atoms with Crippen molar-refractivity contribution in [2.24, 2.45) is 5.41 Å². The SMILES string of the molecule is C=CCC1(CC=C)C[C@@H](C(F)(F)F)NC1=O.CC(C)(C)OC=O. The molecule has 0 unspecified atom stereocenters. The molecule has 1 heterocycles. The topological polar surface area (TPSA) is 55.4 Å². The van der Waals surface area contributed by atoms with Crippen molar-refractivity contribution in [2.75, 3.05) is 0 Å². The van der Waals surface area contributed by atoms with Crippen LogP contribution < -0.4 is 5.32 Å². The molecule has 1 saturated heterocycles. The third-order valence-electron chi connectivity index (χ3n) is 3.25. The largest absolute Gasteiger partial charge is 0.462 e. The highest BCUT2D eigenvalue weighted by molar-refractivity contribution is 5.85. The number of halogens is 3. The van der Waals surface area contributed by atoms with E-state index in [-0.39, 0.29) is 24.9 Å². The molecule has 1 N–H and O–H groups in total. The fourth-order valence-electron chi connectivity index (χ4n) is 2.18. The first-order chi connectivity index (χ1) is 10.4. The summed E-state index contributed by atoms with van der Waals surface area (Å²) in [7, 11) is 0. The lowest BCUT2D eigenvalue weighted by Gasteiger charge is -2.23. The second-order valence-corrected chi connectivity index (χ2v) is 6.36. The molecule has 0 aliphatic carbocycles. The van der Waals surface area contributed by atoms with Gasteiger partial charge in [0.05, 0.1) is 5.41 Å². The molecule has 1 aliphatic heterocycles. The molecule has 23 heavy (non-hydrogen) atoms. The molecule has 0 bridgehead atoms. The summed E-state index contributed by atoms with van der Waals surface area (Å²) in [6.07, 6.45) is -1.22. The lowest BCUT2D eigenvalue weighted by atomic mass is 9.78. The van der Waals surface area contributed by atoms with Crippen LogP contribution in [-0.4, -0.2) is 30.2 Å². The van der Waals surface area contributed by atoms with E-state index in [1.54, 1.807) is 0 Å². The molecule has 0 saturated carbocycles. The van der Waals surface area contributed by atoms with Gasteiger partial charge in [-0.25, -0.2) is 0 Å². The quantitative estimate of drug-likeness (QED) is 0.618. The molecule has 1 rings (SSSR count). The van der Waals surface area contributed by atoms with Crippen molar-refractivity contribution < 1.29 is 27.5 Å². The highest BCUT2D eigenvalue weighted by Gasteiger charge is 2.54. The Bertz CT molecular complexity index is 429. The van der Waals surface area contributed by atoms with Gasteiger partial charge in [0.25, 0.3) is 6.47 Å². The Balaban J connectivity index is 0.000000585. The minimum atomic E-state index is -4.39. The van der Waals surface area contributed by atoms with Gasteiger partial charge >= 0.3 is 6.18 Å². The first kappa shape index (κ1) is 21.2. The number of allylic oxidation sites excluding steroid dienone is 2. The van der Waals surface area contributed by atoms with E-state index in [1.165, 1.54) is 12.2 Å². The van der Waals surface area contributed by atoms with Crippen LogP contribution in [0.5, 0.6) is 0 Å². The van der Waals surface area contributed by atoms with E-state index in [9.17, 15) is 22.8 Å². The van der Waals surface area contributed by atoms with Gasteiger partial charge in [-0.1, -0.05) is 12.2 Å². The van der Waals surface area contributed by atoms with E-state index in [0.29, 0.717) is 6.47 Å². The Labute approximate surface area is 134 Å². The molecule has 0 aromatic carbocycles. The van der Waals surface area contributed by atoms with E-state index in [0.717, 1.165) is 0 Å². The molecular weight excluding hydrogens is 311 g/mol. The third kappa shape index (κ3) is 6.88. The normalized spacial score (nSPS) is 19.9. The van der Waals surface area contributed by atoms with Gasteiger partial charge in [0, 0.05) is 0 Å². The number of carbonyl (C=O) groups excluding carboxylic acids is 2. The van der Waals surface area contributed by atoms with Crippen LogP contribution in [0.2, 0.25) is 0 Å². The van der Waals surface area contributed by atoms with Gasteiger partial charge in [-0.2, -0.15) is 13.2 Å². The minimum absolute atomic E-state index is 0.234. The number of hydrogen-bond donors (Lipinski definition) is 1. The lowest BCUT2D eigenvalue weighted by Crippen LogP contribution is -2.39. The van der Waals surface area contributed by atoms with Crippen molar-refractivity contribution in [3.8, 4) is 0 Å². The Morgan fingerprint density at radius 3 is 1.96 bits per heavy atom. The van der Waals surface area contributed by atoms with Gasteiger partial charge in [-0.05, 0) is 40.0 Å². The first-order valence-electron chi connectivity index (χ1n) is 7.13. The number of nitrogens with one attached hydrogen (secondary N) is 1. The minimum Gasteiger partial charge on any atom is -0.462 e. The molecular formula is C16H24F3NO3. The zero-order valence-electron chi connectivity index (χ0n) is 13.7. The molecule has 0 spiro atoms. The summed E-state index contributed by atoms with van der Waals surface area (Å²) >= 11 is 0. The number of hydrogen-bond acceptors (Lipinski definition) is 3. The van der Waals surface area contributed by atoms with E-state index in [2.05, 4.69) is 17.9 Å². The van der Waals surface area contributed by atoms with Gasteiger partial charge in [-0.3, -0.25) is 9.59 Å². The molecule has 132 valence electrons. The molecule has 1 fully saturated rings. The first-order valence-corrected chi connectivity index (χ1v) is 7.13. The maximum absolute atomic E-state index is 12.5. The highest BCUT2D eigenvalue weighted by Crippen LogP contribution is 2.42. The van der Waals surface area contributed by atoms with Crippen molar-refractivity contribution >= 4 is 12.4 Å². The summed E-state index contributed by atoms with van der Waals surface area (Å²) in [6.45, 7) is 12.9. The Morgan fingerprint density at radius 2 is 1.74 bits per heavy atom. The molecule has 0 aromatic heterocycles. The monoisotopic (exact) mass is 335 g/mol. The van der Waals surface area contributed by atoms with E-state index >= 15 is 0 Å². The van der Waals surface area contributed by atoms with E-state index in [1.807, 2.05) is 26.1 Å². The Morgan fingerprint density at radius 1 is 1.26 bits per heavy atom. The molecule has 1 aliphatic rings. The lowest BCUT2D eigenvalue weighted by molar-refractivity contribution is -0.155. The second-order valence-electron chi connectivity index (χ2n) is 6.36. The van der Waals surface area contributed by atoms with E-state index < -0.39 is 23.5 Å². The van der Waals surface area contributed by atoms with Gasteiger partial charge in [-0.15, -0.1) is 13.2 Å². The van der Waals surface area contributed by atoms with Crippen molar-refractivity contribution in [3.05, 3.63) is 25.3 Å². The van der Waals surface area contributed by atoms with E-state index in [4.69, 9.17) is 0 Å². The average molecular weight is 335 g/mol. The van der Waals surface area contributed by atoms with Gasteiger partial charge < -0.3 is 10.1 Å². The number of rotatable bonds is 5. The summed E-state index contributed by atoms with van der Waals surface area (Å²) in [4.78, 5) is 21.2. The standard InChI is InChI=1S/C11H14F3NO.C5H10O2/c1-3-5-10(6-4-2)7-8(11(12,13)14)15-9(10)16;1-5(2,3)7-4-6/h3-4,8H,1-2,5-7H2,(H,15,16);4H,1-3H3/t8-;/m0./s1. The predicted molar refractivity (Wildman–Crippen MR) is 81.6 cm³/mol. The molecule has 1 amide bonds. The maximum Gasteiger partial charge on any atom is 0.408 e. The van der Waals surface area contributed by atoms with Crippen LogP contribution in [0.25, 0.3) is 0 Å². The molecule has 4 nitrogen and oxygen atoms in total. The molecule has 0 radical (unpaired) electrons. The van der Waals surface area contributed by atoms with Crippen molar-refractivity contribution in [2.45, 2.75) is 57.9 Å². The van der Waals surface area contributed by atoms with Gasteiger partial charge in [0.1, 0.15) is 11.6 Å². The smallest absolute Gasteiger partial charge is 0.408 e. The van der Waals surface area contributed by atoms with Crippen LogP contribution in [0.3, 0.4) is 0 Å². The summed E-state index contributed by atoms with van der Waals surface area (Å²) in [6, 6.07) is -1.75. The zero-order valence-corrected chi connectivity index (χ0v) is 13.7. The Hall–Kier alpha value is -1.79. The predicted octanol–water partition coefficient (Wildman–Crippen LogP) is 3.53. The summed E-state index contributed by atoms with van der Waals surface area (Å²) in [5.41, 5.74) is -1.34. The summed E-state index contributed by atoms with van der Waals surface area (Å²) in [5, 5.41) is 1.99. The van der Waals surface area contributed by atoms with Gasteiger partial charge in [0.15, 0.2) is 0 Å². The number of alkyl halides is 3. The molecule has 0 aromatic rings. The Kier molecular flexibility index (Phi) is 7.54. The van der Waals surface area contributed by atoms with Crippen molar-refractivity contribution in [3.63, 3.8) is 0 Å². The average Bonchev–Trinajstić information content (AvgIpc) is 2.67. The van der Waals surface area contributed by atoms with Crippen LogP contribution in [-0.2, 0) is 14.3 Å². The molecule has 1 atom stereocenters. The van der Waals surface area contributed by atoms with Crippen LogP contribution in [0.1, 0.15) is 40.0 Å². The number of ether oxygens (including phenoxy) is 1. The number of carbonyl (C=O) groups is 2. The van der Waals surface area contributed by atoms with Crippen LogP contribution >= 0.6 is 0 Å². The third-order valence-corrected chi connectivity index (χ3v) is 3.25. The second kappa shape index (κ2) is 8.17.